The maximum Gasteiger partial charge on any atom is 0.360 e. The predicted octanol–water partition coefficient (Wildman–Crippen LogP) is 0.316. The van der Waals surface area contributed by atoms with Gasteiger partial charge in [-0.3, -0.25) is 0 Å². The normalized spacial score (nSPS) is 10.3. The number of hydrogen-bond donors (Lipinski definition) is 1. The number of rotatable bonds is 1. The van der Waals surface area contributed by atoms with Gasteiger partial charge in [-0.2, -0.15) is 0 Å². The Hall–Kier alpha value is -1.98. The molecule has 0 aliphatic heterocycles. The van der Waals surface area contributed by atoms with Crippen molar-refractivity contribution in [3.63, 3.8) is 0 Å². The first-order valence-electron chi connectivity index (χ1n) is 3.07. The van der Waals surface area contributed by atoms with Gasteiger partial charge in [0.05, 0.1) is 6.20 Å². The molecule has 60 valence electrons. The average molecular weight is 165 g/mol. The second kappa shape index (κ2) is 2.26. The zero-order valence-corrected chi connectivity index (χ0v) is 5.76. The van der Waals surface area contributed by atoms with E-state index >= 15 is 0 Å². The Morgan fingerprint density at radius 1 is 1.58 bits per heavy atom. The topological polar surface area (TPSA) is 89.1 Å². The Morgan fingerprint density at radius 3 is 3.17 bits per heavy atom. The van der Waals surface area contributed by atoms with Crippen LogP contribution in [0.25, 0.3) is 11.1 Å². The van der Waals surface area contributed by atoms with Crippen LogP contribution in [-0.4, -0.2) is 26.2 Å². The van der Waals surface area contributed by atoms with Crippen molar-refractivity contribution in [1.82, 2.24) is 15.1 Å². The molecular weight excluding hydrogens is 162 g/mol. The number of hydrogen-bond acceptors (Lipinski definition) is 5. The zero-order valence-electron chi connectivity index (χ0n) is 5.76. The molecule has 0 spiro atoms. The summed E-state index contributed by atoms with van der Waals surface area (Å²) in [7, 11) is 0. The lowest BCUT2D eigenvalue weighted by Crippen LogP contribution is -1.97. The minimum absolute atomic E-state index is 0.188. The lowest BCUT2D eigenvalue weighted by Gasteiger charge is -1.83. The Kier molecular flexibility index (Phi) is 1.26. The maximum absolute atomic E-state index is 10.5. The monoisotopic (exact) mass is 165 g/mol. The van der Waals surface area contributed by atoms with E-state index in [-0.39, 0.29) is 16.8 Å². The first kappa shape index (κ1) is 6.71. The summed E-state index contributed by atoms with van der Waals surface area (Å²) in [5.74, 6) is -1.16. The molecule has 1 N–H and O–H groups in total. The lowest BCUT2D eigenvalue weighted by molar-refractivity contribution is 0.0687. The fourth-order valence-electron chi connectivity index (χ4n) is 0.840. The fraction of sp³-hybridized carbons (Fsp3) is 0. The summed E-state index contributed by atoms with van der Waals surface area (Å²) < 4.78 is 4.65. The van der Waals surface area contributed by atoms with Gasteiger partial charge in [-0.1, -0.05) is 5.16 Å². The molecule has 0 aromatic carbocycles. The van der Waals surface area contributed by atoms with E-state index < -0.39 is 5.97 Å². The Balaban J connectivity index is 2.79. The van der Waals surface area contributed by atoms with Crippen LogP contribution in [0.15, 0.2) is 17.0 Å². The van der Waals surface area contributed by atoms with Crippen molar-refractivity contribution in [2.45, 2.75) is 0 Å². The van der Waals surface area contributed by atoms with Gasteiger partial charge in [0, 0.05) is 0 Å². The third kappa shape index (κ3) is 0.815. The molecule has 12 heavy (non-hydrogen) atoms. The zero-order chi connectivity index (χ0) is 8.55. The lowest BCUT2D eigenvalue weighted by atomic mass is 10.3. The third-order valence-electron chi connectivity index (χ3n) is 1.34. The summed E-state index contributed by atoms with van der Waals surface area (Å²) in [6.07, 6.45) is 2.60. The minimum atomic E-state index is -1.16. The molecule has 0 bridgehead atoms. The molecule has 0 unspecified atom stereocenters. The van der Waals surface area contributed by atoms with Gasteiger partial charge in [-0.25, -0.2) is 14.8 Å². The highest BCUT2D eigenvalue weighted by Crippen LogP contribution is 2.12. The van der Waals surface area contributed by atoms with E-state index in [0.717, 1.165) is 0 Å². The van der Waals surface area contributed by atoms with E-state index in [0.29, 0.717) is 0 Å². The van der Waals surface area contributed by atoms with E-state index in [1.807, 2.05) is 0 Å². The average Bonchev–Trinajstić information content (AvgIpc) is 2.47. The molecular formula is C6H3N3O3. The summed E-state index contributed by atoms with van der Waals surface area (Å²) in [5, 5.41) is 11.9. The first-order valence-corrected chi connectivity index (χ1v) is 3.07. The van der Waals surface area contributed by atoms with Crippen molar-refractivity contribution < 1.29 is 14.4 Å². The van der Waals surface area contributed by atoms with Crippen LogP contribution in [0.4, 0.5) is 0 Å². The summed E-state index contributed by atoms with van der Waals surface area (Å²) >= 11 is 0. The van der Waals surface area contributed by atoms with Crippen LogP contribution >= 0.6 is 0 Å². The molecule has 6 heteroatoms. The van der Waals surface area contributed by atoms with Crippen LogP contribution in [0, 0.1) is 0 Å². The van der Waals surface area contributed by atoms with Crippen molar-refractivity contribution in [1.29, 1.82) is 0 Å². The molecule has 0 radical (unpaired) electrons. The Labute approximate surface area is 65.8 Å². The van der Waals surface area contributed by atoms with Gasteiger partial charge in [0.1, 0.15) is 11.8 Å². The second-order valence-corrected chi connectivity index (χ2v) is 2.07. The van der Waals surface area contributed by atoms with Gasteiger partial charge in [0.25, 0.3) is 0 Å². The number of carboxylic acids is 1. The highest BCUT2D eigenvalue weighted by atomic mass is 16.5. The molecule has 2 aromatic rings. The molecule has 0 saturated heterocycles. The quantitative estimate of drug-likeness (QED) is 0.654. The largest absolute Gasteiger partial charge is 0.476 e. The molecule has 0 aliphatic carbocycles. The fourth-order valence-corrected chi connectivity index (χ4v) is 0.840. The molecule has 0 saturated carbocycles. The van der Waals surface area contributed by atoms with Crippen LogP contribution in [0.1, 0.15) is 10.5 Å². The van der Waals surface area contributed by atoms with E-state index in [1.165, 1.54) is 12.5 Å². The summed E-state index contributed by atoms with van der Waals surface area (Å²) in [4.78, 5) is 17.9. The molecule has 0 aliphatic rings. The summed E-state index contributed by atoms with van der Waals surface area (Å²) in [5.41, 5.74) is 0.305. The van der Waals surface area contributed by atoms with Gasteiger partial charge >= 0.3 is 5.97 Å². The van der Waals surface area contributed by atoms with Crippen molar-refractivity contribution in [2.75, 3.05) is 0 Å². The van der Waals surface area contributed by atoms with Crippen LogP contribution in [0.2, 0.25) is 0 Å². The number of carboxylic acid groups (broad SMARTS) is 1. The second-order valence-electron chi connectivity index (χ2n) is 2.07. The van der Waals surface area contributed by atoms with Gasteiger partial charge in [0.2, 0.25) is 11.3 Å². The predicted molar refractivity (Wildman–Crippen MR) is 36.6 cm³/mol. The van der Waals surface area contributed by atoms with Crippen molar-refractivity contribution in [3.8, 4) is 0 Å². The minimum Gasteiger partial charge on any atom is -0.476 e. The van der Waals surface area contributed by atoms with Crippen molar-refractivity contribution >= 4 is 17.1 Å². The van der Waals surface area contributed by atoms with E-state index in [4.69, 9.17) is 5.11 Å². The number of aromatic carboxylic acids is 1. The van der Waals surface area contributed by atoms with E-state index in [1.54, 1.807) is 0 Å². The number of nitrogens with zero attached hydrogens (tertiary/aromatic N) is 3. The first-order chi connectivity index (χ1) is 5.79. The third-order valence-corrected chi connectivity index (χ3v) is 1.34. The molecule has 6 nitrogen and oxygen atoms in total. The van der Waals surface area contributed by atoms with Crippen molar-refractivity contribution in [3.05, 3.63) is 18.2 Å². The molecule has 2 heterocycles. The Bertz CT molecular complexity index is 436. The molecule has 0 fully saturated rings. The van der Waals surface area contributed by atoms with E-state index in [9.17, 15) is 4.79 Å². The molecule has 2 aromatic heterocycles. The Morgan fingerprint density at radius 2 is 2.42 bits per heavy atom. The maximum atomic E-state index is 10.5. The highest BCUT2D eigenvalue weighted by Gasteiger charge is 2.15. The number of fused-ring (bicyclic) bond motifs is 1. The SMILES string of the molecule is O=C(O)c1noc2cncnc12. The summed E-state index contributed by atoms with van der Waals surface area (Å²) in [6.45, 7) is 0. The van der Waals surface area contributed by atoms with Crippen LogP contribution < -0.4 is 0 Å². The number of carbonyl (C=O) groups is 1. The van der Waals surface area contributed by atoms with Crippen LogP contribution in [0.5, 0.6) is 0 Å². The number of aromatic nitrogens is 3. The molecule has 0 amide bonds. The smallest absolute Gasteiger partial charge is 0.360 e. The van der Waals surface area contributed by atoms with E-state index in [2.05, 4.69) is 19.6 Å². The van der Waals surface area contributed by atoms with Gasteiger partial charge in [0.15, 0.2) is 0 Å². The summed E-state index contributed by atoms with van der Waals surface area (Å²) in [6, 6.07) is 0. The molecule has 2 rings (SSSR count). The van der Waals surface area contributed by atoms with Gasteiger partial charge in [-0.05, 0) is 0 Å². The van der Waals surface area contributed by atoms with Crippen molar-refractivity contribution in [2.24, 2.45) is 0 Å². The van der Waals surface area contributed by atoms with Crippen LogP contribution in [0.3, 0.4) is 0 Å². The highest BCUT2D eigenvalue weighted by molar-refractivity contribution is 5.97. The van der Waals surface area contributed by atoms with Crippen LogP contribution in [-0.2, 0) is 0 Å². The molecule has 0 atom stereocenters. The van der Waals surface area contributed by atoms with Gasteiger partial charge in [-0.15, -0.1) is 0 Å². The van der Waals surface area contributed by atoms with Gasteiger partial charge < -0.3 is 9.63 Å². The standard InChI is InChI=1S/C6H3N3O3/c10-6(11)5-4-3(12-9-5)1-7-2-8-4/h1-2H,(H,10,11).